The van der Waals surface area contributed by atoms with Crippen LogP contribution in [0.5, 0.6) is 0 Å². The van der Waals surface area contributed by atoms with Crippen LogP contribution in [-0.2, 0) is 29.0 Å². The minimum Gasteiger partial charge on any atom is -0.466 e. The lowest BCUT2D eigenvalue weighted by Gasteiger charge is -2.13. The number of benzene rings is 3. The summed E-state index contributed by atoms with van der Waals surface area (Å²) < 4.78 is 7.49. The van der Waals surface area contributed by atoms with Crippen molar-refractivity contribution in [2.24, 2.45) is 0 Å². The Morgan fingerprint density at radius 3 is 2.74 bits per heavy atom. The topological polar surface area (TPSA) is 60.3 Å². The maximum Gasteiger partial charge on any atom is 0.307 e. The van der Waals surface area contributed by atoms with E-state index in [2.05, 4.69) is 66.2 Å². The minimum absolute atomic E-state index is 0.00780. The highest BCUT2D eigenvalue weighted by Crippen LogP contribution is 2.48. The van der Waals surface area contributed by atoms with Crippen LogP contribution in [0.4, 0.5) is 0 Å². The normalized spacial score (nSPS) is 13.9. The van der Waals surface area contributed by atoms with Gasteiger partial charge in [-0.25, -0.2) is 0 Å². The average molecular weight is 453 g/mol. The van der Waals surface area contributed by atoms with Crippen molar-refractivity contribution in [2.75, 3.05) is 6.61 Å². The minimum atomic E-state index is -0.199. The Kier molecular flexibility index (Phi) is 4.76. The van der Waals surface area contributed by atoms with Crippen LogP contribution >= 0.6 is 0 Å². The molecule has 1 N–H and O–H groups in total. The molecule has 3 aromatic carbocycles. The lowest BCUT2D eigenvalue weighted by atomic mass is 9.91. The van der Waals surface area contributed by atoms with E-state index in [0.717, 1.165) is 39.4 Å². The maximum absolute atomic E-state index is 13.2. The Morgan fingerprint density at radius 1 is 1.12 bits per heavy atom. The lowest BCUT2D eigenvalue weighted by Crippen LogP contribution is -2.12. The number of amides is 1. The molecule has 6 rings (SSSR count). The van der Waals surface area contributed by atoms with Gasteiger partial charge < -0.3 is 14.6 Å². The number of fused-ring (bicyclic) bond motifs is 10. The molecule has 1 aliphatic carbocycles. The number of aryl methyl sites for hydroxylation is 1. The van der Waals surface area contributed by atoms with Gasteiger partial charge in [0.05, 0.1) is 24.1 Å². The lowest BCUT2D eigenvalue weighted by molar-refractivity contribution is -0.143. The van der Waals surface area contributed by atoms with E-state index in [0.29, 0.717) is 32.0 Å². The van der Waals surface area contributed by atoms with Gasteiger partial charge in [0, 0.05) is 35.8 Å². The number of nitrogens with zero attached hydrogens (tertiary/aromatic N) is 1. The molecular weight excluding hydrogens is 424 g/mol. The van der Waals surface area contributed by atoms with Crippen LogP contribution in [0, 0.1) is 0 Å². The number of esters is 1. The summed E-state index contributed by atoms with van der Waals surface area (Å²) in [5.41, 5.74) is 10.3. The fraction of sp³-hybridized carbons (Fsp3) is 0.310. The first kappa shape index (κ1) is 21.0. The molecule has 1 aromatic heterocycles. The second-order valence-electron chi connectivity index (χ2n) is 9.59. The number of carbonyl (C=O) groups is 2. The quantitative estimate of drug-likeness (QED) is 0.349. The smallest absolute Gasteiger partial charge is 0.307 e. The van der Waals surface area contributed by atoms with Gasteiger partial charge in [-0.2, -0.15) is 0 Å². The number of carbonyl (C=O) groups excluding carboxylic acids is 2. The van der Waals surface area contributed by atoms with Gasteiger partial charge in [-0.05, 0) is 58.4 Å². The zero-order valence-corrected chi connectivity index (χ0v) is 19.8. The van der Waals surface area contributed by atoms with E-state index in [1.165, 1.54) is 27.8 Å². The summed E-state index contributed by atoms with van der Waals surface area (Å²) in [5.74, 6) is 0.171. The summed E-state index contributed by atoms with van der Waals surface area (Å²) in [4.78, 5) is 25.5. The van der Waals surface area contributed by atoms with Crippen molar-refractivity contribution in [3.05, 3.63) is 70.3 Å². The Labute approximate surface area is 198 Å². The van der Waals surface area contributed by atoms with Crippen LogP contribution < -0.4 is 5.32 Å². The summed E-state index contributed by atoms with van der Waals surface area (Å²) in [6.07, 6.45) is 1.12. The Morgan fingerprint density at radius 2 is 1.94 bits per heavy atom. The van der Waals surface area contributed by atoms with Crippen molar-refractivity contribution < 1.29 is 14.3 Å². The fourth-order valence-electron chi connectivity index (χ4n) is 5.83. The third-order valence-corrected chi connectivity index (χ3v) is 7.35. The van der Waals surface area contributed by atoms with E-state index >= 15 is 0 Å². The first-order valence-electron chi connectivity index (χ1n) is 12.1. The zero-order chi connectivity index (χ0) is 23.6. The first-order chi connectivity index (χ1) is 16.5. The fourth-order valence-corrected chi connectivity index (χ4v) is 5.83. The Hall–Kier alpha value is -3.60. The van der Waals surface area contributed by atoms with Crippen molar-refractivity contribution in [3.63, 3.8) is 0 Å². The Bertz CT molecular complexity index is 1510. The summed E-state index contributed by atoms with van der Waals surface area (Å²) in [7, 11) is 0. The molecule has 2 heterocycles. The van der Waals surface area contributed by atoms with Crippen LogP contribution in [0.3, 0.4) is 0 Å². The molecule has 2 aliphatic rings. The molecule has 0 atom stereocenters. The van der Waals surface area contributed by atoms with Gasteiger partial charge in [-0.15, -0.1) is 0 Å². The van der Waals surface area contributed by atoms with Crippen molar-refractivity contribution in [2.45, 2.75) is 52.6 Å². The highest BCUT2D eigenvalue weighted by atomic mass is 16.5. The average Bonchev–Trinajstić information content (AvgIpc) is 3.48. The summed E-state index contributed by atoms with van der Waals surface area (Å²) in [5, 5.41) is 5.21. The van der Waals surface area contributed by atoms with Gasteiger partial charge in [0.25, 0.3) is 5.91 Å². The third-order valence-electron chi connectivity index (χ3n) is 7.35. The zero-order valence-electron chi connectivity index (χ0n) is 19.8. The van der Waals surface area contributed by atoms with E-state index in [9.17, 15) is 9.59 Å². The molecule has 1 aliphatic heterocycles. The number of rotatable bonds is 5. The molecule has 0 saturated heterocycles. The van der Waals surface area contributed by atoms with Gasteiger partial charge in [0.2, 0.25) is 0 Å². The van der Waals surface area contributed by atoms with Gasteiger partial charge >= 0.3 is 5.97 Å². The summed E-state index contributed by atoms with van der Waals surface area (Å²) >= 11 is 0. The molecule has 0 bridgehead atoms. The number of ether oxygens (including phenoxy) is 1. The van der Waals surface area contributed by atoms with Gasteiger partial charge in [0.1, 0.15) is 0 Å². The first-order valence-corrected chi connectivity index (χ1v) is 12.1. The van der Waals surface area contributed by atoms with E-state index in [1.54, 1.807) is 0 Å². The molecule has 0 saturated carbocycles. The van der Waals surface area contributed by atoms with E-state index in [-0.39, 0.29) is 11.9 Å². The number of hydrogen-bond donors (Lipinski definition) is 1. The molecule has 34 heavy (non-hydrogen) atoms. The van der Waals surface area contributed by atoms with Crippen LogP contribution in [0.25, 0.3) is 32.9 Å². The second-order valence-corrected chi connectivity index (χ2v) is 9.59. The van der Waals surface area contributed by atoms with Crippen molar-refractivity contribution >= 4 is 33.7 Å². The van der Waals surface area contributed by atoms with Gasteiger partial charge in [0.15, 0.2) is 0 Å². The molecule has 0 radical (unpaired) electrons. The molecule has 172 valence electrons. The van der Waals surface area contributed by atoms with Gasteiger partial charge in [-0.1, -0.05) is 44.2 Å². The van der Waals surface area contributed by atoms with Crippen molar-refractivity contribution in [1.29, 1.82) is 0 Å². The highest BCUT2D eigenvalue weighted by molar-refractivity contribution is 6.23. The van der Waals surface area contributed by atoms with Gasteiger partial charge in [-0.3, -0.25) is 9.59 Å². The third kappa shape index (κ3) is 2.92. The molecule has 5 heteroatoms. The SMILES string of the molecule is CCOC(=O)CCn1c2ccc(C(C)C)cc2c2c3c(c4c(c21)Cc1ccccc1-4)CNC3=O. The maximum atomic E-state index is 13.2. The predicted molar refractivity (Wildman–Crippen MR) is 134 cm³/mol. The van der Waals surface area contributed by atoms with E-state index in [1.807, 2.05) is 6.92 Å². The molecule has 0 fully saturated rings. The number of aromatic nitrogens is 1. The molecule has 0 unspecified atom stereocenters. The van der Waals surface area contributed by atoms with Crippen LogP contribution in [0.1, 0.15) is 65.7 Å². The number of hydrogen-bond acceptors (Lipinski definition) is 3. The predicted octanol–water partition coefficient (Wildman–Crippen LogP) is 5.69. The highest BCUT2D eigenvalue weighted by Gasteiger charge is 2.35. The van der Waals surface area contributed by atoms with Crippen LogP contribution in [-0.4, -0.2) is 23.1 Å². The van der Waals surface area contributed by atoms with E-state index < -0.39 is 0 Å². The van der Waals surface area contributed by atoms with Crippen LogP contribution in [0.15, 0.2) is 42.5 Å². The Balaban J connectivity index is 1.71. The standard InChI is InChI=1S/C29H28N2O3/c1-4-34-24(32)11-12-31-23-10-9-17(16(2)3)13-20(23)26-27-22(15-30-29(27)33)25-19-8-6-5-7-18(19)14-21(25)28(26)31/h5-10,13,16H,4,11-12,14-15H2,1-3H3,(H,30,33). The van der Waals surface area contributed by atoms with Crippen molar-refractivity contribution in [3.8, 4) is 11.1 Å². The molecule has 1 amide bonds. The van der Waals surface area contributed by atoms with E-state index in [4.69, 9.17) is 4.74 Å². The summed E-state index contributed by atoms with van der Waals surface area (Å²) in [6.45, 7) is 7.66. The van der Waals surface area contributed by atoms with Crippen LogP contribution in [0.2, 0.25) is 0 Å². The molecular formula is C29H28N2O3. The largest absolute Gasteiger partial charge is 0.466 e. The molecule has 4 aromatic rings. The second kappa shape index (κ2) is 7.73. The number of nitrogens with one attached hydrogen (secondary N) is 1. The van der Waals surface area contributed by atoms with Crippen molar-refractivity contribution in [1.82, 2.24) is 9.88 Å². The summed E-state index contributed by atoms with van der Waals surface area (Å²) in [6, 6.07) is 15.1. The molecule has 0 spiro atoms. The monoisotopic (exact) mass is 452 g/mol. The molecule has 5 nitrogen and oxygen atoms in total.